The largest absolute Gasteiger partial charge is 0.338 e. The molecule has 1 aliphatic rings. The van der Waals surface area contributed by atoms with Crippen LogP contribution >= 0.6 is 0 Å². The zero-order chi connectivity index (χ0) is 21.0. The van der Waals surface area contributed by atoms with Crippen molar-refractivity contribution in [1.29, 1.82) is 0 Å². The highest BCUT2D eigenvalue weighted by Gasteiger charge is 2.31. The smallest absolute Gasteiger partial charge is 0.290 e. The summed E-state index contributed by atoms with van der Waals surface area (Å²) in [5, 5.41) is 0. The number of aromatic nitrogens is 2. The van der Waals surface area contributed by atoms with Gasteiger partial charge in [0.1, 0.15) is 5.69 Å². The Balaban J connectivity index is 1.98. The molecule has 29 heavy (non-hydrogen) atoms. The third-order valence-corrected chi connectivity index (χ3v) is 5.64. The Morgan fingerprint density at radius 3 is 2.38 bits per heavy atom. The molecule has 0 aliphatic carbocycles. The molecule has 2 aromatic rings. The lowest BCUT2D eigenvalue weighted by molar-refractivity contribution is 0.0671. The van der Waals surface area contributed by atoms with Crippen LogP contribution in [-0.2, 0) is 19.5 Å². The second kappa shape index (κ2) is 9.25. The second-order valence-electron chi connectivity index (χ2n) is 7.83. The van der Waals surface area contributed by atoms with E-state index >= 15 is 0 Å². The normalized spacial score (nSPS) is 13.3. The Labute approximate surface area is 173 Å². The van der Waals surface area contributed by atoms with Crippen molar-refractivity contribution < 1.29 is 9.59 Å². The molecule has 2 amide bonds. The van der Waals surface area contributed by atoms with Gasteiger partial charge in [-0.1, -0.05) is 30.3 Å². The molecule has 156 valence electrons. The van der Waals surface area contributed by atoms with E-state index in [1.165, 1.54) is 0 Å². The summed E-state index contributed by atoms with van der Waals surface area (Å²) in [5.74, 6) is 0.226. The highest BCUT2D eigenvalue weighted by Crippen LogP contribution is 2.24. The van der Waals surface area contributed by atoms with Gasteiger partial charge in [-0.25, -0.2) is 4.98 Å². The van der Waals surface area contributed by atoms with Gasteiger partial charge in [-0.15, -0.1) is 0 Å². The second-order valence-corrected chi connectivity index (χ2v) is 7.83. The van der Waals surface area contributed by atoms with Crippen LogP contribution in [0.25, 0.3) is 0 Å². The first kappa shape index (κ1) is 21.1. The van der Waals surface area contributed by atoms with Crippen LogP contribution in [0.15, 0.2) is 30.3 Å². The fourth-order valence-electron chi connectivity index (χ4n) is 3.94. The lowest BCUT2D eigenvalue weighted by Gasteiger charge is -2.27. The molecule has 0 unspecified atom stereocenters. The molecule has 0 spiro atoms. The molecule has 1 aromatic heterocycles. The van der Waals surface area contributed by atoms with Crippen LogP contribution in [0, 0.1) is 0 Å². The van der Waals surface area contributed by atoms with Gasteiger partial charge in [0, 0.05) is 32.2 Å². The molecule has 0 saturated heterocycles. The Bertz CT molecular complexity index is 853. The van der Waals surface area contributed by atoms with Gasteiger partial charge in [0.15, 0.2) is 5.82 Å². The van der Waals surface area contributed by atoms with Crippen molar-refractivity contribution >= 4 is 11.8 Å². The van der Waals surface area contributed by atoms with Crippen molar-refractivity contribution in [3.63, 3.8) is 0 Å². The van der Waals surface area contributed by atoms with E-state index in [0.29, 0.717) is 31.2 Å². The van der Waals surface area contributed by atoms with Gasteiger partial charge >= 0.3 is 0 Å². The number of amides is 2. The van der Waals surface area contributed by atoms with E-state index in [2.05, 4.69) is 4.98 Å². The topological polar surface area (TPSA) is 58.4 Å². The summed E-state index contributed by atoms with van der Waals surface area (Å²) in [6.45, 7) is 10.5. The maximum Gasteiger partial charge on any atom is 0.290 e. The SMILES string of the molecule is CCN(CC)C(=O)c1nc(C(=O)N(Cc2ccccc2)C(C)C)n2c1CCCC2. The monoisotopic (exact) mass is 396 g/mol. The number of nitrogens with zero attached hydrogens (tertiary/aromatic N) is 4. The van der Waals surface area contributed by atoms with Crippen molar-refractivity contribution in [2.75, 3.05) is 13.1 Å². The molecule has 3 rings (SSSR count). The number of hydrogen-bond donors (Lipinski definition) is 0. The van der Waals surface area contributed by atoms with Crippen molar-refractivity contribution in [2.24, 2.45) is 0 Å². The number of hydrogen-bond acceptors (Lipinski definition) is 3. The van der Waals surface area contributed by atoms with Crippen molar-refractivity contribution in [1.82, 2.24) is 19.4 Å². The van der Waals surface area contributed by atoms with Crippen molar-refractivity contribution in [2.45, 2.75) is 66.1 Å². The van der Waals surface area contributed by atoms with E-state index in [0.717, 1.165) is 37.1 Å². The summed E-state index contributed by atoms with van der Waals surface area (Å²) in [7, 11) is 0. The predicted molar refractivity (Wildman–Crippen MR) is 114 cm³/mol. The average molecular weight is 397 g/mol. The maximum absolute atomic E-state index is 13.5. The van der Waals surface area contributed by atoms with Crippen molar-refractivity contribution in [3.8, 4) is 0 Å². The molecule has 1 aromatic carbocycles. The molecule has 0 bridgehead atoms. The van der Waals surface area contributed by atoms with Crippen LogP contribution in [0.5, 0.6) is 0 Å². The van der Waals surface area contributed by atoms with Gasteiger partial charge in [0.25, 0.3) is 11.8 Å². The van der Waals surface area contributed by atoms with Crippen LogP contribution < -0.4 is 0 Å². The third kappa shape index (κ3) is 4.36. The molecule has 6 nitrogen and oxygen atoms in total. The summed E-state index contributed by atoms with van der Waals surface area (Å²) in [6.07, 6.45) is 2.82. The number of carbonyl (C=O) groups is 2. The Morgan fingerprint density at radius 2 is 1.76 bits per heavy atom. The minimum atomic E-state index is -0.106. The Hall–Kier alpha value is -2.63. The fourth-order valence-corrected chi connectivity index (χ4v) is 3.94. The lowest BCUT2D eigenvalue weighted by Crippen LogP contribution is -2.38. The van der Waals surface area contributed by atoms with Gasteiger partial charge in [0.05, 0.1) is 5.69 Å². The highest BCUT2D eigenvalue weighted by atomic mass is 16.2. The molecular weight excluding hydrogens is 364 g/mol. The summed E-state index contributed by atoms with van der Waals surface area (Å²) in [6, 6.07) is 10.0. The summed E-state index contributed by atoms with van der Waals surface area (Å²) >= 11 is 0. The van der Waals surface area contributed by atoms with Crippen molar-refractivity contribution in [3.05, 3.63) is 53.1 Å². The van der Waals surface area contributed by atoms with Crippen LogP contribution in [0.3, 0.4) is 0 Å². The van der Waals surface area contributed by atoms with E-state index in [4.69, 9.17) is 0 Å². The fraction of sp³-hybridized carbons (Fsp3) is 0.522. The van der Waals surface area contributed by atoms with Gasteiger partial charge in [-0.05, 0) is 52.5 Å². The minimum absolute atomic E-state index is 0.0289. The van der Waals surface area contributed by atoms with E-state index < -0.39 is 0 Å². The number of fused-ring (bicyclic) bond motifs is 1. The number of benzene rings is 1. The van der Waals surface area contributed by atoms with E-state index in [9.17, 15) is 9.59 Å². The summed E-state index contributed by atoms with van der Waals surface area (Å²) in [5.41, 5.74) is 2.46. The summed E-state index contributed by atoms with van der Waals surface area (Å²) in [4.78, 5) is 34.8. The molecule has 0 fully saturated rings. The molecule has 0 N–H and O–H groups in total. The number of imidazole rings is 1. The van der Waals surface area contributed by atoms with E-state index in [1.54, 1.807) is 4.90 Å². The molecule has 0 radical (unpaired) electrons. The molecule has 2 heterocycles. The zero-order valence-corrected chi connectivity index (χ0v) is 18.0. The van der Waals surface area contributed by atoms with E-state index in [-0.39, 0.29) is 17.9 Å². The third-order valence-electron chi connectivity index (χ3n) is 5.64. The van der Waals surface area contributed by atoms with Gasteiger partial charge in [-0.3, -0.25) is 9.59 Å². The Kier molecular flexibility index (Phi) is 6.72. The molecule has 1 aliphatic heterocycles. The highest BCUT2D eigenvalue weighted by molar-refractivity contribution is 5.97. The lowest BCUT2D eigenvalue weighted by atomic mass is 10.1. The quantitative estimate of drug-likeness (QED) is 0.716. The first-order chi connectivity index (χ1) is 14.0. The first-order valence-corrected chi connectivity index (χ1v) is 10.7. The van der Waals surface area contributed by atoms with Crippen LogP contribution in [0.4, 0.5) is 0 Å². The molecular formula is C23H32N4O2. The van der Waals surface area contributed by atoms with E-state index in [1.807, 2.05) is 67.5 Å². The van der Waals surface area contributed by atoms with Crippen LogP contribution in [-0.4, -0.2) is 50.3 Å². The first-order valence-electron chi connectivity index (χ1n) is 10.7. The van der Waals surface area contributed by atoms with Crippen LogP contribution in [0.2, 0.25) is 0 Å². The predicted octanol–water partition coefficient (Wildman–Crippen LogP) is 3.75. The summed E-state index contributed by atoms with van der Waals surface area (Å²) < 4.78 is 1.99. The zero-order valence-electron chi connectivity index (χ0n) is 18.0. The minimum Gasteiger partial charge on any atom is -0.338 e. The standard InChI is InChI=1S/C23H32N4O2/c1-5-25(6-2)22(28)20-19-14-10-11-15-26(19)21(24-20)23(29)27(17(3)4)16-18-12-8-7-9-13-18/h7-9,12-13,17H,5-6,10-11,14-16H2,1-4H3. The maximum atomic E-state index is 13.5. The number of carbonyl (C=O) groups excluding carboxylic acids is 2. The molecule has 6 heteroatoms. The van der Waals surface area contributed by atoms with Gasteiger partial charge in [0.2, 0.25) is 0 Å². The Morgan fingerprint density at radius 1 is 1.07 bits per heavy atom. The van der Waals surface area contributed by atoms with Crippen LogP contribution in [0.1, 0.15) is 72.9 Å². The van der Waals surface area contributed by atoms with Gasteiger partial charge < -0.3 is 14.4 Å². The average Bonchev–Trinajstić information content (AvgIpc) is 3.12. The molecule has 0 atom stereocenters. The molecule has 0 saturated carbocycles. The number of rotatable bonds is 7. The van der Waals surface area contributed by atoms with Gasteiger partial charge in [-0.2, -0.15) is 0 Å².